The number of nitrogens with one attached hydrogen (secondary N) is 1. The Balaban J connectivity index is 2.01. The van der Waals surface area contributed by atoms with Crippen molar-refractivity contribution in [3.63, 3.8) is 0 Å². The molecule has 3 rings (SSSR count). The summed E-state index contributed by atoms with van der Waals surface area (Å²) in [6.45, 7) is 1.92. The van der Waals surface area contributed by atoms with Crippen LogP contribution in [0.5, 0.6) is 23.1 Å². The van der Waals surface area contributed by atoms with Gasteiger partial charge in [0.1, 0.15) is 23.6 Å². The lowest BCUT2D eigenvalue weighted by molar-refractivity contribution is -0.385. The number of aryl methyl sites for hydroxylation is 1. The first-order valence-corrected chi connectivity index (χ1v) is 8.73. The van der Waals surface area contributed by atoms with Gasteiger partial charge in [-0.2, -0.15) is 4.98 Å². The predicted octanol–water partition coefficient (Wildman–Crippen LogP) is 4.90. The molecule has 3 aromatic rings. The molecule has 0 aliphatic carbocycles. The number of benzene rings is 2. The van der Waals surface area contributed by atoms with Gasteiger partial charge in [-0.3, -0.25) is 10.1 Å². The quantitative estimate of drug-likeness (QED) is 0.428. The maximum Gasteiger partial charge on any atom is 0.373 e. The van der Waals surface area contributed by atoms with E-state index in [1.807, 2.05) is 19.1 Å². The molecule has 0 aliphatic heterocycles. The molecule has 10 heteroatoms. The highest BCUT2D eigenvalue weighted by atomic mass is 35.5. The predicted molar refractivity (Wildman–Crippen MR) is 108 cm³/mol. The number of ether oxygens (including phenoxy) is 3. The second-order valence-corrected chi connectivity index (χ2v) is 6.27. The normalized spacial score (nSPS) is 10.3. The first-order valence-electron chi connectivity index (χ1n) is 8.35. The van der Waals surface area contributed by atoms with Gasteiger partial charge in [-0.05, 0) is 25.1 Å². The molecule has 150 valence electrons. The number of rotatable bonds is 7. The maximum absolute atomic E-state index is 11.7. The smallest absolute Gasteiger partial charge is 0.373 e. The molecular weight excluding hydrogens is 400 g/mol. The molecule has 0 saturated carbocycles. The number of methoxy groups -OCH3 is 2. The molecule has 0 unspecified atom stereocenters. The van der Waals surface area contributed by atoms with Gasteiger partial charge in [-0.15, -0.1) is 0 Å². The third-order valence-electron chi connectivity index (χ3n) is 3.93. The lowest BCUT2D eigenvalue weighted by Crippen LogP contribution is -2.04. The fourth-order valence-corrected chi connectivity index (χ4v) is 2.74. The molecular formula is C19H17ClN4O5. The molecule has 0 fully saturated rings. The fourth-order valence-electron chi connectivity index (χ4n) is 2.50. The minimum Gasteiger partial charge on any atom is -0.495 e. The van der Waals surface area contributed by atoms with Crippen molar-refractivity contribution in [2.45, 2.75) is 6.92 Å². The number of anilines is 2. The summed E-state index contributed by atoms with van der Waals surface area (Å²) < 4.78 is 16.1. The average molecular weight is 417 g/mol. The first kappa shape index (κ1) is 20.2. The Hall–Kier alpha value is -3.59. The van der Waals surface area contributed by atoms with Crippen LogP contribution in [0.25, 0.3) is 0 Å². The summed E-state index contributed by atoms with van der Waals surface area (Å²) in [6.07, 6.45) is 1.16. The van der Waals surface area contributed by atoms with Gasteiger partial charge in [-0.1, -0.05) is 29.3 Å². The van der Waals surface area contributed by atoms with Crippen LogP contribution in [0, 0.1) is 17.0 Å². The van der Waals surface area contributed by atoms with Gasteiger partial charge in [0, 0.05) is 6.07 Å². The monoisotopic (exact) mass is 416 g/mol. The Kier molecular flexibility index (Phi) is 5.99. The molecule has 2 aromatic carbocycles. The Morgan fingerprint density at radius 1 is 1.07 bits per heavy atom. The van der Waals surface area contributed by atoms with Crippen LogP contribution in [0.15, 0.2) is 42.7 Å². The molecule has 0 radical (unpaired) electrons. The topological polar surface area (TPSA) is 109 Å². The summed E-state index contributed by atoms with van der Waals surface area (Å²) in [5, 5.41) is 14.9. The van der Waals surface area contributed by atoms with E-state index in [-0.39, 0.29) is 11.7 Å². The van der Waals surface area contributed by atoms with E-state index in [2.05, 4.69) is 15.3 Å². The Labute approximate surface area is 171 Å². The molecule has 0 saturated heterocycles. The highest BCUT2D eigenvalue weighted by Gasteiger charge is 2.26. The molecule has 9 nitrogen and oxygen atoms in total. The second-order valence-electron chi connectivity index (χ2n) is 5.86. The number of nitrogens with zero attached hydrogens (tertiary/aromatic N) is 3. The van der Waals surface area contributed by atoms with Gasteiger partial charge >= 0.3 is 11.6 Å². The molecule has 0 spiro atoms. The summed E-state index contributed by atoms with van der Waals surface area (Å²) in [5.74, 6) is 0.893. The maximum atomic E-state index is 11.7. The van der Waals surface area contributed by atoms with Crippen LogP contribution in [0.3, 0.4) is 0 Å². The Morgan fingerprint density at radius 3 is 2.38 bits per heavy atom. The summed E-state index contributed by atoms with van der Waals surface area (Å²) in [5.41, 5.74) is 0.962. The second kappa shape index (κ2) is 8.61. The largest absolute Gasteiger partial charge is 0.495 e. The standard InChI is InChI=1S/C19H17ClN4O5/c1-11-4-6-12(7-5-11)29-19-17(24(25)26)18(21-10-22-19)23-14-8-13(20)15(27-2)9-16(14)28-3/h4-10H,1-3H3,(H,21,22,23). The van der Waals surface area contributed by atoms with Crippen LogP contribution in [0.2, 0.25) is 5.02 Å². The van der Waals surface area contributed by atoms with Crippen LogP contribution in [0.4, 0.5) is 17.2 Å². The Bertz CT molecular complexity index is 1040. The van der Waals surface area contributed by atoms with E-state index >= 15 is 0 Å². The van der Waals surface area contributed by atoms with E-state index in [1.54, 1.807) is 18.2 Å². The third kappa shape index (κ3) is 4.46. The average Bonchev–Trinajstić information content (AvgIpc) is 2.70. The van der Waals surface area contributed by atoms with E-state index in [0.717, 1.165) is 11.9 Å². The van der Waals surface area contributed by atoms with Crippen molar-refractivity contribution in [2.75, 3.05) is 19.5 Å². The highest BCUT2D eigenvalue weighted by Crippen LogP contribution is 2.40. The number of hydrogen-bond donors (Lipinski definition) is 1. The van der Waals surface area contributed by atoms with Crippen LogP contribution in [0.1, 0.15) is 5.56 Å². The van der Waals surface area contributed by atoms with Gasteiger partial charge < -0.3 is 19.5 Å². The van der Waals surface area contributed by atoms with Crippen molar-refractivity contribution >= 4 is 28.8 Å². The van der Waals surface area contributed by atoms with E-state index in [4.69, 9.17) is 25.8 Å². The number of halogens is 1. The Morgan fingerprint density at radius 2 is 1.76 bits per heavy atom. The van der Waals surface area contributed by atoms with E-state index in [9.17, 15) is 10.1 Å². The summed E-state index contributed by atoms with van der Waals surface area (Å²) in [7, 11) is 2.92. The summed E-state index contributed by atoms with van der Waals surface area (Å²) in [6, 6.07) is 10.1. The molecule has 1 N–H and O–H groups in total. The van der Waals surface area contributed by atoms with Gasteiger partial charge in [0.05, 0.1) is 29.9 Å². The molecule has 1 aromatic heterocycles. The van der Waals surface area contributed by atoms with Crippen molar-refractivity contribution in [2.24, 2.45) is 0 Å². The van der Waals surface area contributed by atoms with Crippen LogP contribution in [-0.4, -0.2) is 29.1 Å². The molecule has 0 atom stereocenters. The van der Waals surface area contributed by atoms with Gasteiger partial charge in [-0.25, -0.2) is 4.98 Å². The van der Waals surface area contributed by atoms with Gasteiger partial charge in [0.25, 0.3) is 0 Å². The lowest BCUT2D eigenvalue weighted by atomic mass is 10.2. The van der Waals surface area contributed by atoms with Crippen molar-refractivity contribution in [3.8, 4) is 23.1 Å². The van der Waals surface area contributed by atoms with Crippen molar-refractivity contribution in [1.29, 1.82) is 0 Å². The minimum absolute atomic E-state index is 0.0772. The van der Waals surface area contributed by atoms with E-state index in [0.29, 0.717) is 28.0 Å². The molecule has 0 aliphatic rings. The summed E-state index contributed by atoms with van der Waals surface area (Å²) in [4.78, 5) is 19.0. The first-order chi connectivity index (χ1) is 13.9. The van der Waals surface area contributed by atoms with E-state index in [1.165, 1.54) is 20.3 Å². The zero-order chi connectivity index (χ0) is 21.0. The minimum atomic E-state index is -0.622. The fraction of sp³-hybridized carbons (Fsp3) is 0.158. The van der Waals surface area contributed by atoms with Gasteiger partial charge in [0.2, 0.25) is 5.82 Å². The van der Waals surface area contributed by atoms with Crippen molar-refractivity contribution in [1.82, 2.24) is 9.97 Å². The lowest BCUT2D eigenvalue weighted by Gasteiger charge is -2.14. The van der Waals surface area contributed by atoms with Crippen molar-refractivity contribution in [3.05, 3.63) is 63.4 Å². The molecule has 29 heavy (non-hydrogen) atoms. The van der Waals surface area contributed by atoms with Crippen LogP contribution >= 0.6 is 11.6 Å². The highest BCUT2D eigenvalue weighted by molar-refractivity contribution is 6.32. The van der Waals surface area contributed by atoms with E-state index < -0.39 is 10.6 Å². The van der Waals surface area contributed by atoms with Crippen molar-refractivity contribution < 1.29 is 19.1 Å². The molecule has 0 bridgehead atoms. The number of hydrogen-bond acceptors (Lipinski definition) is 8. The van der Waals surface area contributed by atoms with Crippen LogP contribution in [-0.2, 0) is 0 Å². The zero-order valence-corrected chi connectivity index (χ0v) is 16.6. The van der Waals surface area contributed by atoms with Gasteiger partial charge in [0.15, 0.2) is 0 Å². The SMILES string of the molecule is COc1cc(OC)c(Nc2ncnc(Oc3ccc(C)cc3)c2[N+](=O)[O-])cc1Cl. The van der Waals surface area contributed by atoms with Crippen LogP contribution < -0.4 is 19.5 Å². The zero-order valence-electron chi connectivity index (χ0n) is 15.8. The number of nitro groups is 1. The molecule has 1 heterocycles. The third-order valence-corrected chi connectivity index (χ3v) is 4.23. The summed E-state index contributed by atoms with van der Waals surface area (Å²) >= 11 is 6.17. The molecule has 0 amide bonds. The number of aromatic nitrogens is 2.